The molecule has 4 aliphatic carbocycles. The van der Waals surface area contributed by atoms with E-state index in [1.807, 2.05) is 6.07 Å². The van der Waals surface area contributed by atoms with Crippen LogP contribution in [-0.4, -0.2) is 53.2 Å². The zero-order valence-corrected chi connectivity index (χ0v) is 16.9. The van der Waals surface area contributed by atoms with Crippen LogP contribution in [0, 0.1) is 11.8 Å². The number of nitrogens with zero attached hydrogens (tertiary/aromatic N) is 1. The molecule has 5 heteroatoms. The molecule has 0 amide bonds. The molecule has 4 fully saturated rings. The van der Waals surface area contributed by atoms with E-state index >= 15 is 0 Å². The lowest BCUT2D eigenvalue weighted by Gasteiger charge is -2.62. The molecule has 5 nitrogen and oxygen atoms in total. The fourth-order valence-electron chi connectivity index (χ4n) is 6.86. The number of rotatable bonds is 5. The minimum absolute atomic E-state index is 0.0905. The van der Waals surface area contributed by atoms with E-state index in [0.717, 1.165) is 55.5 Å². The fourth-order valence-corrected chi connectivity index (χ4v) is 6.86. The van der Waals surface area contributed by atoms with Crippen LogP contribution in [0.1, 0.15) is 56.1 Å². The van der Waals surface area contributed by atoms with Crippen LogP contribution >= 0.6 is 0 Å². The minimum atomic E-state index is -0.883. The summed E-state index contributed by atoms with van der Waals surface area (Å²) in [4.78, 5) is 15.6. The summed E-state index contributed by atoms with van der Waals surface area (Å²) < 4.78 is 12.6. The van der Waals surface area contributed by atoms with Crippen LogP contribution in [0.5, 0.6) is 11.5 Å². The van der Waals surface area contributed by atoms with Crippen molar-refractivity contribution in [1.82, 2.24) is 4.90 Å². The third-order valence-corrected chi connectivity index (χ3v) is 8.71. The van der Waals surface area contributed by atoms with Crippen molar-refractivity contribution in [3.8, 4) is 11.5 Å². The zero-order chi connectivity index (χ0) is 19.4. The maximum Gasteiger partial charge on any atom is 0.174 e. The number of piperidine rings is 1. The number of benzene rings is 1. The van der Waals surface area contributed by atoms with Gasteiger partial charge in [-0.3, -0.25) is 9.69 Å². The third kappa shape index (κ3) is 2.16. The number of carbonyl (C=O) groups is 1. The monoisotopic (exact) mass is 395 g/mol. The molecular weight excluding hydrogens is 366 g/mol. The molecule has 1 unspecified atom stereocenters. The average Bonchev–Trinajstić information content (AvgIpc) is 3.63. The number of hydrogen-bond donors (Lipinski definition) is 1. The van der Waals surface area contributed by atoms with Gasteiger partial charge >= 0.3 is 0 Å². The summed E-state index contributed by atoms with van der Waals surface area (Å²) in [6.07, 6.45) is 7.19. The number of hydrogen-bond acceptors (Lipinski definition) is 5. The Morgan fingerprint density at radius 2 is 2.00 bits per heavy atom. The molecule has 1 saturated heterocycles. The van der Waals surface area contributed by atoms with Crippen molar-refractivity contribution in [2.24, 2.45) is 11.8 Å². The average molecular weight is 395 g/mol. The smallest absolute Gasteiger partial charge is 0.174 e. The first-order valence-electron chi connectivity index (χ1n) is 11.5. The predicted molar refractivity (Wildman–Crippen MR) is 106 cm³/mol. The molecule has 1 aromatic carbocycles. The van der Waals surface area contributed by atoms with E-state index in [1.165, 1.54) is 31.2 Å². The topological polar surface area (TPSA) is 59.0 Å². The Bertz CT molecular complexity index is 906. The first-order valence-corrected chi connectivity index (χ1v) is 11.5. The van der Waals surface area contributed by atoms with Gasteiger partial charge in [0.2, 0.25) is 0 Å². The molecule has 1 aromatic rings. The lowest BCUT2D eigenvalue weighted by molar-refractivity contribution is -0.188. The van der Waals surface area contributed by atoms with Gasteiger partial charge in [0.1, 0.15) is 0 Å². The van der Waals surface area contributed by atoms with Crippen LogP contribution in [0.2, 0.25) is 0 Å². The van der Waals surface area contributed by atoms with Gasteiger partial charge in [0, 0.05) is 24.6 Å². The molecule has 2 aliphatic heterocycles. The Morgan fingerprint density at radius 1 is 1.17 bits per heavy atom. The molecule has 0 aromatic heterocycles. The van der Waals surface area contributed by atoms with Gasteiger partial charge in [-0.05, 0) is 75.0 Å². The van der Waals surface area contributed by atoms with Crippen molar-refractivity contribution in [3.63, 3.8) is 0 Å². The SMILES string of the molecule is O=C1CC[C@@]2(O)C3Cc4ccc(OCC5CC5)c5c4[C@@]2(CCN3CC2CC2)[C@H]1O5. The molecule has 154 valence electrons. The summed E-state index contributed by atoms with van der Waals surface area (Å²) >= 11 is 0. The molecule has 1 N–H and O–H groups in total. The number of Topliss-reactive ketones (excluding diaryl/α,β-unsaturated/α-hetero) is 1. The predicted octanol–water partition coefficient (Wildman–Crippen LogP) is 2.61. The molecule has 6 aliphatic rings. The van der Waals surface area contributed by atoms with Crippen LogP contribution in [0.25, 0.3) is 0 Å². The first-order chi connectivity index (χ1) is 14.1. The van der Waals surface area contributed by atoms with Gasteiger partial charge in [0.05, 0.1) is 17.6 Å². The number of likely N-dealkylation sites (tertiary alicyclic amines) is 1. The highest BCUT2D eigenvalue weighted by atomic mass is 16.5. The Morgan fingerprint density at radius 3 is 2.79 bits per heavy atom. The van der Waals surface area contributed by atoms with Crippen LogP contribution in [-0.2, 0) is 16.6 Å². The lowest BCUT2D eigenvalue weighted by atomic mass is 9.49. The van der Waals surface area contributed by atoms with E-state index in [1.54, 1.807) is 0 Å². The van der Waals surface area contributed by atoms with Crippen molar-refractivity contribution in [2.75, 3.05) is 19.7 Å². The van der Waals surface area contributed by atoms with Crippen LogP contribution in [0.3, 0.4) is 0 Å². The number of ether oxygens (including phenoxy) is 2. The van der Waals surface area contributed by atoms with E-state index in [9.17, 15) is 9.90 Å². The zero-order valence-electron chi connectivity index (χ0n) is 16.9. The third-order valence-electron chi connectivity index (χ3n) is 8.71. The molecule has 7 rings (SSSR count). The Kier molecular flexibility index (Phi) is 3.28. The summed E-state index contributed by atoms with van der Waals surface area (Å²) in [5, 5.41) is 12.2. The Hall–Kier alpha value is -1.59. The molecule has 29 heavy (non-hydrogen) atoms. The molecular formula is C24H29NO4. The molecule has 3 saturated carbocycles. The van der Waals surface area contributed by atoms with Gasteiger partial charge < -0.3 is 14.6 Å². The lowest BCUT2D eigenvalue weighted by Crippen LogP contribution is -2.76. The standard InChI is InChI=1S/C24H29NO4/c26-17-7-8-24(27)19-11-16-5-6-18(28-13-15-3-4-15)21-20(16)23(24,22(17)29-21)9-10-25(19)12-14-1-2-14/h5-6,14-15,19,22,27H,1-4,7-13H2/t19?,22-,23-,24+/m0/s1. The summed E-state index contributed by atoms with van der Waals surface area (Å²) in [5.74, 6) is 3.14. The van der Waals surface area contributed by atoms with Crippen molar-refractivity contribution in [1.29, 1.82) is 0 Å². The van der Waals surface area contributed by atoms with Crippen molar-refractivity contribution >= 4 is 5.78 Å². The van der Waals surface area contributed by atoms with E-state index in [4.69, 9.17) is 9.47 Å². The van der Waals surface area contributed by atoms with Crippen molar-refractivity contribution in [2.45, 2.75) is 74.5 Å². The van der Waals surface area contributed by atoms with Crippen molar-refractivity contribution < 1.29 is 19.4 Å². The highest BCUT2D eigenvalue weighted by molar-refractivity contribution is 5.90. The van der Waals surface area contributed by atoms with Gasteiger partial charge in [0.25, 0.3) is 0 Å². The number of ketones is 1. The van der Waals surface area contributed by atoms with Gasteiger partial charge in [-0.2, -0.15) is 0 Å². The molecule has 0 radical (unpaired) electrons. The van der Waals surface area contributed by atoms with E-state index in [0.29, 0.717) is 18.8 Å². The van der Waals surface area contributed by atoms with Gasteiger partial charge in [-0.15, -0.1) is 0 Å². The maximum absolute atomic E-state index is 13.0. The van der Waals surface area contributed by atoms with Crippen LogP contribution in [0.15, 0.2) is 12.1 Å². The second-order valence-electron chi connectivity index (χ2n) is 10.4. The fraction of sp³-hybridized carbons (Fsp3) is 0.708. The summed E-state index contributed by atoms with van der Waals surface area (Å²) in [6, 6.07) is 4.31. The second-order valence-corrected chi connectivity index (χ2v) is 10.4. The van der Waals surface area contributed by atoms with Crippen LogP contribution < -0.4 is 9.47 Å². The number of aliphatic hydroxyl groups is 1. The summed E-state index contributed by atoms with van der Waals surface area (Å²) in [5.41, 5.74) is 0.890. The molecule has 2 bridgehead atoms. The maximum atomic E-state index is 13.0. The quantitative estimate of drug-likeness (QED) is 0.831. The van der Waals surface area contributed by atoms with E-state index in [2.05, 4.69) is 11.0 Å². The molecule has 2 heterocycles. The minimum Gasteiger partial charge on any atom is -0.489 e. The first kappa shape index (κ1) is 17.1. The summed E-state index contributed by atoms with van der Waals surface area (Å²) in [6.45, 7) is 2.76. The Balaban J connectivity index is 1.37. The van der Waals surface area contributed by atoms with Gasteiger partial charge in [-0.1, -0.05) is 6.07 Å². The molecule has 1 spiro atoms. The van der Waals surface area contributed by atoms with E-state index in [-0.39, 0.29) is 11.8 Å². The van der Waals surface area contributed by atoms with Crippen LogP contribution in [0.4, 0.5) is 0 Å². The van der Waals surface area contributed by atoms with E-state index < -0.39 is 17.1 Å². The van der Waals surface area contributed by atoms with Gasteiger partial charge in [-0.25, -0.2) is 0 Å². The summed E-state index contributed by atoms with van der Waals surface area (Å²) in [7, 11) is 0. The largest absolute Gasteiger partial charge is 0.489 e. The highest BCUT2D eigenvalue weighted by Gasteiger charge is 2.73. The molecule has 4 atom stereocenters. The number of carbonyl (C=O) groups excluding carboxylic acids is 1. The normalized spacial score (nSPS) is 39.8. The Labute approximate surface area is 171 Å². The van der Waals surface area contributed by atoms with Crippen molar-refractivity contribution in [3.05, 3.63) is 23.3 Å². The van der Waals surface area contributed by atoms with Gasteiger partial charge in [0.15, 0.2) is 23.4 Å². The highest BCUT2D eigenvalue weighted by Crippen LogP contribution is 2.65. The second kappa shape index (κ2) is 5.55.